The molecular formula is C41H29N3O. The van der Waals surface area contributed by atoms with E-state index in [0.29, 0.717) is 0 Å². The zero-order valence-electron chi connectivity index (χ0n) is 24.5. The number of nitrogens with one attached hydrogen (secondary N) is 1. The highest BCUT2D eigenvalue weighted by molar-refractivity contribution is 6.22. The summed E-state index contributed by atoms with van der Waals surface area (Å²) in [7, 11) is 0. The van der Waals surface area contributed by atoms with Gasteiger partial charge in [0.25, 0.3) is 0 Å². The second-order valence-corrected chi connectivity index (χ2v) is 11.4. The van der Waals surface area contributed by atoms with Crippen LogP contribution < -0.4 is 10.2 Å². The van der Waals surface area contributed by atoms with Crippen molar-refractivity contribution in [2.24, 2.45) is 0 Å². The van der Waals surface area contributed by atoms with E-state index in [2.05, 4.69) is 161 Å². The van der Waals surface area contributed by atoms with Gasteiger partial charge in [0.05, 0.1) is 16.4 Å². The third kappa shape index (κ3) is 4.07. The van der Waals surface area contributed by atoms with Crippen molar-refractivity contribution < 1.29 is 4.42 Å². The van der Waals surface area contributed by atoms with E-state index < -0.39 is 0 Å². The first-order valence-corrected chi connectivity index (χ1v) is 15.3. The van der Waals surface area contributed by atoms with E-state index in [9.17, 15) is 0 Å². The number of anilines is 1. The van der Waals surface area contributed by atoms with Gasteiger partial charge in [-0.2, -0.15) is 0 Å². The second-order valence-electron chi connectivity index (χ2n) is 11.4. The molecule has 4 heteroatoms. The summed E-state index contributed by atoms with van der Waals surface area (Å²) in [5.74, 6) is 0.895. The van der Waals surface area contributed by atoms with Crippen molar-refractivity contribution in [1.82, 2.24) is 9.88 Å². The Morgan fingerprint density at radius 3 is 1.96 bits per heavy atom. The predicted octanol–water partition coefficient (Wildman–Crippen LogP) is 10.4. The molecule has 4 nitrogen and oxygen atoms in total. The number of nitrogens with zero attached hydrogens (tertiary/aromatic N) is 2. The minimum absolute atomic E-state index is 0.0372. The van der Waals surface area contributed by atoms with E-state index in [0.717, 1.165) is 61.2 Å². The zero-order chi connectivity index (χ0) is 29.7. The van der Waals surface area contributed by atoms with E-state index in [1.807, 2.05) is 18.3 Å². The van der Waals surface area contributed by atoms with Crippen LogP contribution in [0.4, 0.5) is 5.69 Å². The van der Waals surface area contributed by atoms with E-state index in [1.54, 1.807) is 0 Å². The molecule has 0 radical (unpaired) electrons. The molecule has 0 saturated carbocycles. The standard InChI is InChI=1S/C41H29N3O/c1-4-12-28(13-5-1)37-34-24-25-36-38(40(34)45-39(37)29-14-6-2-7-15-29)33-18-10-11-19-35(33)44(36)32-22-20-30(21-23-32)41-42-26-27-43(41)31-16-8-3-9-17-31/h1-27,41-42H. The molecule has 9 rings (SSSR count). The molecule has 1 aliphatic heterocycles. The lowest BCUT2D eigenvalue weighted by atomic mass is 9.98. The molecule has 1 aliphatic rings. The Morgan fingerprint density at radius 1 is 0.533 bits per heavy atom. The molecule has 1 atom stereocenters. The summed E-state index contributed by atoms with van der Waals surface area (Å²) >= 11 is 0. The van der Waals surface area contributed by atoms with Crippen LogP contribution in [0.1, 0.15) is 11.7 Å². The Kier molecular flexibility index (Phi) is 5.85. The maximum Gasteiger partial charge on any atom is 0.145 e. The van der Waals surface area contributed by atoms with Crippen LogP contribution in [0, 0.1) is 0 Å². The van der Waals surface area contributed by atoms with Gasteiger partial charge in [0, 0.05) is 45.7 Å². The number of fused-ring (bicyclic) bond motifs is 5. The molecule has 1 unspecified atom stereocenters. The number of rotatable bonds is 5. The summed E-state index contributed by atoms with van der Waals surface area (Å²) in [6, 6.07) is 53.5. The van der Waals surface area contributed by atoms with E-state index in [4.69, 9.17) is 4.42 Å². The van der Waals surface area contributed by atoms with Crippen LogP contribution in [0.3, 0.4) is 0 Å². The number of hydrogen-bond acceptors (Lipinski definition) is 3. The minimum Gasteiger partial charge on any atom is -0.455 e. The van der Waals surface area contributed by atoms with Gasteiger partial charge >= 0.3 is 0 Å². The smallest absolute Gasteiger partial charge is 0.145 e. The Bertz CT molecular complexity index is 2330. The molecule has 1 N–H and O–H groups in total. The molecule has 0 bridgehead atoms. The van der Waals surface area contributed by atoms with E-state index >= 15 is 0 Å². The summed E-state index contributed by atoms with van der Waals surface area (Å²) in [6.45, 7) is 0. The maximum absolute atomic E-state index is 6.92. The van der Waals surface area contributed by atoms with Crippen molar-refractivity contribution in [3.63, 3.8) is 0 Å². The van der Waals surface area contributed by atoms with Gasteiger partial charge in [0.2, 0.25) is 0 Å². The lowest BCUT2D eigenvalue weighted by Crippen LogP contribution is -2.26. The molecule has 0 amide bonds. The maximum atomic E-state index is 6.92. The van der Waals surface area contributed by atoms with Gasteiger partial charge < -0.3 is 19.2 Å². The molecule has 3 heterocycles. The van der Waals surface area contributed by atoms with Gasteiger partial charge in [0.15, 0.2) is 0 Å². The van der Waals surface area contributed by atoms with Crippen LogP contribution in [0.25, 0.3) is 60.9 Å². The zero-order valence-corrected chi connectivity index (χ0v) is 24.5. The van der Waals surface area contributed by atoms with Crippen LogP contribution in [-0.2, 0) is 0 Å². The summed E-state index contributed by atoms with van der Waals surface area (Å²) in [5, 5.41) is 6.93. The molecular weight excluding hydrogens is 550 g/mol. The molecule has 0 spiro atoms. The Balaban J connectivity index is 1.23. The summed E-state index contributed by atoms with van der Waals surface area (Å²) in [5.41, 5.74) is 9.99. The van der Waals surface area contributed by atoms with Gasteiger partial charge in [-0.05, 0) is 53.6 Å². The third-order valence-corrected chi connectivity index (χ3v) is 8.88. The van der Waals surface area contributed by atoms with Crippen molar-refractivity contribution >= 4 is 38.5 Å². The first kappa shape index (κ1) is 25.5. The Hall–Kier alpha value is -6.00. The van der Waals surface area contributed by atoms with E-state index in [-0.39, 0.29) is 6.17 Å². The Morgan fingerprint density at radius 2 is 1.20 bits per heavy atom. The van der Waals surface area contributed by atoms with Gasteiger partial charge in [-0.25, -0.2) is 0 Å². The van der Waals surface area contributed by atoms with Crippen LogP contribution in [0.2, 0.25) is 0 Å². The summed E-state index contributed by atoms with van der Waals surface area (Å²) in [4.78, 5) is 2.26. The number of para-hydroxylation sites is 2. The van der Waals surface area contributed by atoms with Crippen molar-refractivity contribution in [2.45, 2.75) is 6.17 Å². The highest BCUT2D eigenvalue weighted by Gasteiger charge is 2.24. The molecule has 6 aromatic carbocycles. The SMILES string of the molecule is C1=CN(c2ccccc2)C(c2ccc(-n3c4ccccc4c4c5oc(-c6ccccc6)c(-c6ccccc6)c5ccc43)cc2)N1. The van der Waals surface area contributed by atoms with Gasteiger partial charge in [-0.1, -0.05) is 109 Å². The van der Waals surface area contributed by atoms with E-state index in [1.165, 1.54) is 10.9 Å². The lowest BCUT2D eigenvalue weighted by Gasteiger charge is -2.26. The third-order valence-electron chi connectivity index (χ3n) is 8.88. The fourth-order valence-electron chi connectivity index (χ4n) is 6.85. The molecule has 45 heavy (non-hydrogen) atoms. The first-order valence-electron chi connectivity index (χ1n) is 15.3. The van der Waals surface area contributed by atoms with Crippen molar-refractivity contribution in [3.05, 3.63) is 170 Å². The van der Waals surface area contributed by atoms with Crippen LogP contribution in [0.5, 0.6) is 0 Å². The van der Waals surface area contributed by atoms with Gasteiger partial charge in [-0.15, -0.1) is 0 Å². The summed E-state index contributed by atoms with van der Waals surface area (Å²) in [6.07, 6.45) is 4.15. The topological polar surface area (TPSA) is 33.3 Å². The molecule has 2 aromatic heterocycles. The minimum atomic E-state index is 0.0372. The van der Waals surface area contributed by atoms with Crippen LogP contribution >= 0.6 is 0 Å². The fourth-order valence-corrected chi connectivity index (χ4v) is 6.85. The van der Waals surface area contributed by atoms with Crippen molar-refractivity contribution in [2.75, 3.05) is 4.90 Å². The molecule has 0 aliphatic carbocycles. The highest BCUT2D eigenvalue weighted by atomic mass is 16.3. The quantitative estimate of drug-likeness (QED) is 0.220. The highest BCUT2D eigenvalue weighted by Crippen LogP contribution is 2.46. The largest absolute Gasteiger partial charge is 0.455 e. The summed E-state index contributed by atoms with van der Waals surface area (Å²) < 4.78 is 9.27. The van der Waals surface area contributed by atoms with Gasteiger partial charge in [0.1, 0.15) is 17.5 Å². The number of benzene rings is 6. The lowest BCUT2D eigenvalue weighted by molar-refractivity contribution is 0.636. The van der Waals surface area contributed by atoms with Crippen molar-refractivity contribution in [1.29, 1.82) is 0 Å². The molecule has 214 valence electrons. The van der Waals surface area contributed by atoms with Crippen LogP contribution in [0.15, 0.2) is 168 Å². The number of aromatic nitrogens is 1. The fraction of sp³-hybridized carbons (Fsp3) is 0.0244. The van der Waals surface area contributed by atoms with Crippen LogP contribution in [-0.4, -0.2) is 4.57 Å². The monoisotopic (exact) mass is 579 g/mol. The van der Waals surface area contributed by atoms with Gasteiger partial charge in [-0.3, -0.25) is 0 Å². The molecule has 8 aromatic rings. The first-order chi connectivity index (χ1) is 22.3. The predicted molar refractivity (Wildman–Crippen MR) is 185 cm³/mol. The normalized spacial score (nSPS) is 14.5. The molecule has 0 saturated heterocycles. The average Bonchev–Trinajstić information content (AvgIpc) is 3.84. The Labute approximate surface area is 261 Å². The van der Waals surface area contributed by atoms with Crippen molar-refractivity contribution in [3.8, 4) is 28.1 Å². The number of furan rings is 1. The molecule has 0 fully saturated rings. The second kappa shape index (κ2) is 10.3. The average molecular weight is 580 g/mol. The number of hydrogen-bond donors (Lipinski definition) is 1.